The van der Waals surface area contributed by atoms with Crippen LogP contribution in [0.5, 0.6) is 0 Å². The Morgan fingerprint density at radius 3 is 2.83 bits per heavy atom. The van der Waals surface area contributed by atoms with E-state index in [1.165, 1.54) is 0 Å². The van der Waals surface area contributed by atoms with Gasteiger partial charge in [0.1, 0.15) is 0 Å². The van der Waals surface area contributed by atoms with Crippen molar-refractivity contribution in [1.82, 2.24) is 9.88 Å². The number of anilines is 1. The monoisotopic (exact) mass is 333 g/mol. The average molecular weight is 333 g/mol. The maximum Gasteiger partial charge on any atom is 0.242 e. The molecule has 1 fully saturated rings. The number of fused-ring (bicyclic) bond motifs is 1. The lowest BCUT2D eigenvalue weighted by Crippen LogP contribution is -2.41. The molecule has 6 heteroatoms. The SMILES string of the molecule is CCN(C(=O)CN(C)CC(O)C1CC1)c1nc2ccccc2s1. The van der Waals surface area contributed by atoms with E-state index in [1.54, 1.807) is 16.2 Å². The standard InChI is InChI=1S/C17H23N3O2S/c1-3-20(17-18-13-6-4-5-7-15(13)23-17)16(22)11-19(2)10-14(21)12-8-9-12/h4-7,12,14,21H,3,8-11H2,1-2H3. The van der Waals surface area contributed by atoms with Crippen LogP contribution >= 0.6 is 11.3 Å². The zero-order valence-corrected chi connectivity index (χ0v) is 14.4. The van der Waals surface area contributed by atoms with Gasteiger partial charge in [-0.1, -0.05) is 23.5 Å². The maximum absolute atomic E-state index is 12.6. The van der Waals surface area contributed by atoms with Gasteiger partial charge in [0.05, 0.1) is 22.9 Å². The Kier molecular flexibility index (Phi) is 4.94. The van der Waals surface area contributed by atoms with Gasteiger partial charge in [0.25, 0.3) is 0 Å². The van der Waals surface area contributed by atoms with Gasteiger partial charge in [-0.3, -0.25) is 14.6 Å². The number of rotatable bonds is 7. The van der Waals surface area contributed by atoms with Gasteiger partial charge in [-0.05, 0) is 44.9 Å². The van der Waals surface area contributed by atoms with Crippen LogP contribution in [0.25, 0.3) is 10.2 Å². The van der Waals surface area contributed by atoms with E-state index in [4.69, 9.17) is 0 Å². The first-order valence-corrected chi connectivity index (χ1v) is 8.92. The lowest BCUT2D eigenvalue weighted by Gasteiger charge is -2.24. The molecule has 0 aliphatic heterocycles. The number of para-hydroxylation sites is 1. The number of benzene rings is 1. The highest BCUT2D eigenvalue weighted by molar-refractivity contribution is 7.22. The summed E-state index contributed by atoms with van der Waals surface area (Å²) in [5, 5.41) is 10.7. The summed E-state index contributed by atoms with van der Waals surface area (Å²) in [6.07, 6.45) is 1.90. The number of amides is 1. The Bertz CT molecular complexity index is 650. The van der Waals surface area contributed by atoms with E-state index in [2.05, 4.69) is 4.98 Å². The van der Waals surface area contributed by atoms with Crippen molar-refractivity contribution in [2.75, 3.05) is 31.6 Å². The number of carbonyl (C=O) groups excluding carboxylic acids is 1. The fraction of sp³-hybridized carbons (Fsp3) is 0.529. The van der Waals surface area contributed by atoms with Crippen LogP contribution in [0.1, 0.15) is 19.8 Å². The van der Waals surface area contributed by atoms with Crippen molar-refractivity contribution < 1.29 is 9.90 Å². The predicted octanol–water partition coefficient (Wildman–Crippen LogP) is 2.35. The van der Waals surface area contributed by atoms with Crippen LogP contribution in [-0.4, -0.2) is 53.7 Å². The molecule has 5 nitrogen and oxygen atoms in total. The number of hydrogen-bond donors (Lipinski definition) is 1. The molecule has 124 valence electrons. The molecule has 1 aromatic carbocycles. The topological polar surface area (TPSA) is 56.7 Å². The third-order valence-corrected chi connectivity index (χ3v) is 5.26. The molecule has 0 bridgehead atoms. The number of carbonyl (C=O) groups is 1. The van der Waals surface area contributed by atoms with Crippen LogP contribution in [0.15, 0.2) is 24.3 Å². The molecule has 1 aliphatic rings. The van der Waals surface area contributed by atoms with Crippen LogP contribution in [0, 0.1) is 5.92 Å². The van der Waals surface area contributed by atoms with Crippen molar-refractivity contribution in [2.45, 2.75) is 25.9 Å². The molecule has 1 unspecified atom stereocenters. The number of hydrogen-bond acceptors (Lipinski definition) is 5. The number of likely N-dealkylation sites (N-methyl/N-ethyl adjacent to an activating group) is 2. The third-order valence-electron chi connectivity index (χ3n) is 4.20. The second-order valence-corrected chi connectivity index (χ2v) is 7.21. The molecule has 0 spiro atoms. The smallest absolute Gasteiger partial charge is 0.242 e. The second-order valence-electron chi connectivity index (χ2n) is 6.20. The highest BCUT2D eigenvalue weighted by Gasteiger charge is 2.31. The summed E-state index contributed by atoms with van der Waals surface area (Å²) >= 11 is 1.54. The normalized spacial score (nSPS) is 16.0. The minimum atomic E-state index is -0.315. The molecule has 3 rings (SSSR count). The quantitative estimate of drug-likeness (QED) is 0.845. The summed E-state index contributed by atoms with van der Waals surface area (Å²) in [5.74, 6) is 0.455. The van der Waals surface area contributed by atoms with Crippen LogP contribution in [-0.2, 0) is 4.79 Å². The molecule has 2 aromatic rings. The zero-order chi connectivity index (χ0) is 16.4. The number of aliphatic hydroxyl groups excluding tert-OH is 1. The van der Waals surface area contributed by atoms with Crippen LogP contribution in [0.2, 0.25) is 0 Å². The summed E-state index contributed by atoms with van der Waals surface area (Å²) in [7, 11) is 1.88. The molecule has 0 radical (unpaired) electrons. The van der Waals surface area contributed by atoms with E-state index in [0.717, 1.165) is 28.2 Å². The van der Waals surface area contributed by atoms with Gasteiger partial charge in [0.2, 0.25) is 5.91 Å². The zero-order valence-electron chi connectivity index (χ0n) is 13.6. The van der Waals surface area contributed by atoms with E-state index in [-0.39, 0.29) is 12.0 Å². The van der Waals surface area contributed by atoms with E-state index < -0.39 is 0 Å². The van der Waals surface area contributed by atoms with Gasteiger partial charge >= 0.3 is 0 Å². The highest BCUT2D eigenvalue weighted by atomic mass is 32.1. The lowest BCUT2D eigenvalue weighted by molar-refractivity contribution is -0.119. The second kappa shape index (κ2) is 6.95. The summed E-state index contributed by atoms with van der Waals surface area (Å²) in [5.41, 5.74) is 0.927. The maximum atomic E-state index is 12.6. The Balaban J connectivity index is 1.65. The Morgan fingerprint density at radius 2 is 2.17 bits per heavy atom. The first-order valence-electron chi connectivity index (χ1n) is 8.11. The largest absolute Gasteiger partial charge is 0.392 e. The van der Waals surface area contributed by atoms with Gasteiger partial charge < -0.3 is 5.11 Å². The Labute approximate surface area is 140 Å². The van der Waals surface area contributed by atoms with Crippen molar-refractivity contribution in [3.63, 3.8) is 0 Å². The van der Waals surface area contributed by atoms with E-state index in [0.29, 0.717) is 25.6 Å². The molecule has 1 heterocycles. The molecule has 1 aliphatic carbocycles. The van der Waals surface area contributed by atoms with Crippen LogP contribution in [0.3, 0.4) is 0 Å². The fourth-order valence-electron chi connectivity index (χ4n) is 2.72. The summed E-state index contributed by atoms with van der Waals surface area (Å²) in [6.45, 7) is 3.40. The summed E-state index contributed by atoms with van der Waals surface area (Å²) < 4.78 is 1.09. The van der Waals surface area contributed by atoms with Crippen molar-refractivity contribution in [2.24, 2.45) is 5.92 Å². The van der Waals surface area contributed by atoms with E-state index in [1.807, 2.05) is 43.1 Å². The van der Waals surface area contributed by atoms with Crippen molar-refractivity contribution in [1.29, 1.82) is 0 Å². The predicted molar refractivity (Wildman–Crippen MR) is 93.9 cm³/mol. The summed E-state index contributed by atoms with van der Waals surface area (Å²) in [4.78, 5) is 20.8. The molecule has 0 saturated heterocycles. The molecular weight excluding hydrogens is 310 g/mol. The molecule has 23 heavy (non-hydrogen) atoms. The lowest BCUT2D eigenvalue weighted by atomic mass is 10.2. The molecule has 1 aromatic heterocycles. The van der Waals surface area contributed by atoms with E-state index >= 15 is 0 Å². The van der Waals surface area contributed by atoms with Gasteiger partial charge in [-0.25, -0.2) is 4.98 Å². The number of aliphatic hydroxyl groups is 1. The average Bonchev–Trinajstić information content (AvgIpc) is 3.28. The number of aromatic nitrogens is 1. The molecular formula is C17H23N3O2S. The minimum absolute atomic E-state index is 0.0250. The van der Waals surface area contributed by atoms with E-state index in [9.17, 15) is 9.90 Å². The van der Waals surface area contributed by atoms with Crippen molar-refractivity contribution >= 4 is 32.6 Å². The van der Waals surface area contributed by atoms with Gasteiger partial charge in [-0.2, -0.15) is 0 Å². The first kappa shape index (κ1) is 16.4. The molecule has 1 atom stereocenters. The van der Waals surface area contributed by atoms with Gasteiger partial charge in [0.15, 0.2) is 5.13 Å². The Hall–Kier alpha value is -1.50. The molecule has 1 N–H and O–H groups in total. The molecule has 1 amide bonds. The summed E-state index contributed by atoms with van der Waals surface area (Å²) in [6, 6.07) is 7.92. The fourth-order valence-corrected chi connectivity index (χ4v) is 3.77. The first-order chi connectivity index (χ1) is 11.1. The Morgan fingerprint density at radius 1 is 1.43 bits per heavy atom. The van der Waals surface area contributed by atoms with Crippen molar-refractivity contribution in [3.05, 3.63) is 24.3 Å². The number of nitrogens with zero attached hydrogens (tertiary/aromatic N) is 3. The number of thiazole rings is 1. The van der Waals surface area contributed by atoms with Crippen LogP contribution < -0.4 is 4.90 Å². The van der Waals surface area contributed by atoms with Crippen LogP contribution in [0.4, 0.5) is 5.13 Å². The van der Waals surface area contributed by atoms with Crippen molar-refractivity contribution in [3.8, 4) is 0 Å². The third kappa shape index (κ3) is 3.88. The minimum Gasteiger partial charge on any atom is -0.392 e. The molecule has 1 saturated carbocycles. The highest BCUT2D eigenvalue weighted by Crippen LogP contribution is 2.33. The van der Waals surface area contributed by atoms with Gasteiger partial charge in [-0.15, -0.1) is 0 Å². The van der Waals surface area contributed by atoms with Gasteiger partial charge in [0, 0.05) is 13.1 Å².